The first-order valence-electron chi connectivity index (χ1n) is 42.5. The molecule has 0 bridgehead atoms. The summed E-state index contributed by atoms with van der Waals surface area (Å²) < 4.78 is 40.4. The van der Waals surface area contributed by atoms with Crippen LogP contribution in [0.5, 0.6) is 0 Å². The number of nitrogens with one attached hydrogen (secondary N) is 6. The first-order valence-corrected chi connectivity index (χ1v) is 42.5. The predicted octanol–water partition coefficient (Wildman–Crippen LogP) is 17.3. The molecule has 6 fully saturated rings. The molecule has 6 aliphatic rings. The highest BCUT2D eigenvalue weighted by Gasteiger charge is 2.56. The standard InChI is InChI=1S/C90H156N6O12/c1-28-31-42-88(70(97)103-64-49-76(4,5)91-77(6,7)50-64,71(98)104-65-51-78(8,9)92-79(10,11)52-65)45-34-37-61-40-41-62(38-35-46-89(43-32-29-2,72(99)105-66-53-80(12,13)93-81(14,15)54-66)73(100)106-67-55-82(16,17)94-83(18,19)56-67)63(48-61)39-36-47-90(44-33-30-3,74(101)107-68-57-84(20,21)95-85(22,23)58-68)75(102)108-69-59-86(24,25)96-87(26,27)60-69/h40-41,48,64-69,91-96H,28-39,42-47,49-60H2,1-27H3. The van der Waals surface area contributed by atoms with Crippen LogP contribution in [-0.4, -0.2) is 139 Å². The van der Waals surface area contributed by atoms with E-state index in [9.17, 15) is 0 Å². The fourth-order valence-corrected chi connectivity index (χ4v) is 21.8. The molecular formula is C90H156N6O12. The van der Waals surface area contributed by atoms with Crippen LogP contribution in [0.15, 0.2) is 18.2 Å². The summed E-state index contributed by atoms with van der Waals surface area (Å²) in [7, 11) is 0. The first kappa shape index (κ1) is 91.0. The number of ether oxygens (including phenoxy) is 6. The van der Waals surface area contributed by atoms with E-state index in [1.165, 1.54) is 0 Å². The third-order valence-electron chi connectivity index (χ3n) is 24.2. The zero-order valence-corrected chi connectivity index (χ0v) is 73.3. The van der Waals surface area contributed by atoms with Gasteiger partial charge in [0.05, 0.1) is 0 Å². The maximum absolute atomic E-state index is 15.8. The molecule has 108 heavy (non-hydrogen) atoms. The van der Waals surface area contributed by atoms with Gasteiger partial charge in [-0.05, 0) is 260 Å². The summed E-state index contributed by atoms with van der Waals surface area (Å²) in [5, 5.41) is 22.4. The third kappa shape index (κ3) is 25.7. The van der Waals surface area contributed by atoms with Crippen LogP contribution < -0.4 is 31.9 Å². The van der Waals surface area contributed by atoms with Crippen molar-refractivity contribution in [3.8, 4) is 0 Å². The summed E-state index contributed by atoms with van der Waals surface area (Å²) in [6, 6.07) is 6.53. The molecule has 0 radical (unpaired) electrons. The molecule has 18 heteroatoms. The van der Waals surface area contributed by atoms with Crippen LogP contribution in [0.1, 0.15) is 377 Å². The Hall–Kier alpha value is -4.20. The quantitative estimate of drug-likeness (QED) is 0.0218. The van der Waals surface area contributed by atoms with E-state index in [4.69, 9.17) is 28.4 Å². The van der Waals surface area contributed by atoms with Crippen molar-refractivity contribution in [2.24, 2.45) is 16.2 Å². The van der Waals surface area contributed by atoms with E-state index < -0.39 is 88.7 Å². The summed E-state index contributed by atoms with van der Waals surface area (Å²) in [6.45, 7) is 57.5. The van der Waals surface area contributed by atoms with Crippen LogP contribution in [0.4, 0.5) is 0 Å². The molecule has 6 heterocycles. The minimum atomic E-state index is -1.62. The molecule has 18 nitrogen and oxygen atoms in total. The molecule has 0 saturated carbocycles. The average Bonchev–Trinajstić information content (AvgIpc) is 0.783. The van der Waals surface area contributed by atoms with Gasteiger partial charge < -0.3 is 60.3 Å². The number of esters is 6. The van der Waals surface area contributed by atoms with Gasteiger partial charge in [0.15, 0.2) is 16.2 Å². The fourth-order valence-electron chi connectivity index (χ4n) is 21.8. The van der Waals surface area contributed by atoms with Crippen molar-refractivity contribution in [2.45, 2.75) is 483 Å². The van der Waals surface area contributed by atoms with E-state index in [0.29, 0.717) is 135 Å². The van der Waals surface area contributed by atoms with Crippen molar-refractivity contribution >= 4 is 35.8 Å². The number of hydrogen-bond donors (Lipinski definition) is 6. The minimum Gasteiger partial charge on any atom is -0.461 e. The predicted molar refractivity (Wildman–Crippen MR) is 434 cm³/mol. The Morgan fingerprint density at radius 1 is 0.278 bits per heavy atom. The van der Waals surface area contributed by atoms with Gasteiger partial charge in [-0.25, -0.2) is 0 Å². The molecule has 0 aliphatic carbocycles. The van der Waals surface area contributed by atoms with Gasteiger partial charge in [-0.2, -0.15) is 0 Å². The van der Waals surface area contributed by atoms with Gasteiger partial charge in [0.2, 0.25) is 0 Å². The van der Waals surface area contributed by atoms with Gasteiger partial charge in [-0.1, -0.05) is 77.5 Å². The van der Waals surface area contributed by atoms with Crippen LogP contribution in [0.3, 0.4) is 0 Å². The van der Waals surface area contributed by atoms with Gasteiger partial charge in [0.25, 0.3) is 0 Å². The molecule has 0 atom stereocenters. The number of benzene rings is 1. The van der Waals surface area contributed by atoms with Crippen LogP contribution in [0, 0.1) is 16.2 Å². The summed E-state index contributed by atoms with van der Waals surface area (Å²) in [5.74, 6) is -3.12. The van der Waals surface area contributed by atoms with Crippen molar-refractivity contribution in [2.75, 3.05) is 0 Å². The number of hydrogen-bond acceptors (Lipinski definition) is 18. The third-order valence-corrected chi connectivity index (χ3v) is 24.2. The maximum atomic E-state index is 15.8. The van der Waals surface area contributed by atoms with Gasteiger partial charge in [-0.15, -0.1) is 0 Å². The molecule has 0 amide bonds. The Morgan fingerprint density at radius 2 is 0.454 bits per heavy atom. The molecule has 0 aromatic heterocycles. The summed E-state index contributed by atoms with van der Waals surface area (Å²) in [4.78, 5) is 94.0. The number of rotatable bonds is 33. The smallest absolute Gasteiger partial charge is 0.323 e. The lowest BCUT2D eigenvalue weighted by Gasteiger charge is -2.47. The minimum absolute atomic E-state index is 0.178. The van der Waals surface area contributed by atoms with Crippen molar-refractivity contribution in [3.05, 3.63) is 34.9 Å². The SMILES string of the molecule is CCCCC(CCCc1ccc(CCCC(CCCC)(C(=O)OC2CC(C)(C)NC(C)(C)C2)C(=O)OC2CC(C)(C)NC(C)(C)C2)c(CCCC(CCCC)(C(=O)OC2CC(C)(C)NC(C)(C)C2)C(=O)OC2CC(C)(C)NC(C)(C)C2)c1)(C(=O)OC1CC(C)(C)NC(C)(C)C1)C(=O)OC1CC(C)(C)NC(C)(C)C1. The molecule has 0 unspecified atom stereocenters. The van der Waals surface area contributed by atoms with Crippen molar-refractivity contribution < 1.29 is 57.2 Å². The Morgan fingerprint density at radius 3 is 0.648 bits per heavy atom. The molecule has 1 aromatic carbocycles. The molecule has 6 aliphatic heterocycles. The lowest BCUT2D eigenvalue weighted by Crippen LogP contribution is -2.61. The van der Waals surface area contributed by atoms with E-state index in [1.54, 1.807) is 0 Å². The van der Waals surface area contributed by atoms with Crippen molar-refractivity contribution in [1.29, 1.82) is 0 Å². The van der Waals surface area contributed by atoms with E-state index >= 15 is 28.8 Å². The van der Waals surface area contributed by atoms with Crippen LogP contribution in [-0.2, 0) is 76.5 Å². The molecule has 618 valence electrons. The van der Waals surface area contributed by atoms with E-state index in [1.807, 2.05) is 0 Å². The molecule has 0 spiro atoms. The summed E-state index contributed by atoms with van der Waals surface area (Å²) in [5.41, 5.74) is -5.68. The second-order valence-electron chi connectivity index (χ2n) is 43.2. The zero-order chi connectivity index (χ0) is 81.0. The maximum Gasteiger partial charge on any atom is 0.323 e. The van der Waals surface area contributed by atoms with E-state index in [2.05, 4.69) is 237 Å². The molecule has 1 aromatic rings. The fraction of sp³-hybridized carbons (Fsp3) is 0.867. The van der Waals surface area contributed by atoms with E-state index in [-0.39, 0.29) is 105 Å². The number of aryl methyl sites for hydroxylation is 3. The van der Waals surface area contributed by atoms with Gasteiger partial charge >= 0.3 is 35.8 Å². The second-order valence-corrected chi connectivity index (χ2v) is 43.2. The molecule has 6 saturated heterocycles. The average molecular weight is 1510 g/mol. The molecule has 7 rings (SSSR count). The number of carbonyl (C=O) groups is 6. The van der Waals surface area contributed by atoms with Gasteiger partial charge in [-0.3, -0.25) is 28.8 Å². The second kappa shape index (κ2) is 34.5. The molecule has 6 N–H and O–H groups in total. The van der Waals surface area contributed by atoms with Crippen LogP contribution >= 0.6 is 0 Å². The number of unbranched alkanes of at least 4 members (excludes halogenated alkanes) is 3. The Labute approximate surface area is 655 Å². The topological polar surface area (TPSA) is 230 Å². The summed E-state index contributed by atoms with van der Waals surface area (Å²) in [6.07, 6.45) is 12.8. The normalized spacial score (nSPS) is 24.0. The van der Waals surface area contributed by atoms with Crippen LogP contribution in [0.2, 0.25) is 0 Å². The first-order chi connectivity index (χ1) is 49.4. The Kier molecular flexibility index (Phi) is 29.0. The highest BCUT2D eigenvalue weighted by Crippen LogP contribution is 2.46. The highest BCUT2D eigenvalue weighted by atomic mass is 16.6. The Balaban J connectivity index is 1.31. The van der Waals surface area contributed by atoms with Crippen molar-refractivity contribution in [1.82, 2.24) is 31.9 Å². The summed E-state index contributed by atoms with van der Waals surface area (Å²) >= 11 is 0. The van der Waals surface area contributed by atoms with Gasteiger partial charge in [0.1, 0.15) is 36.6 Å². The lowest BCUT2D eigenvalue weighted by atomic mass is 9.75. The van der Waals surface area contributed by atoms with E-state index in [0.717, 1.165) is 36.0 Å². The van der Waals surface area contributed by atoms with Crippen LogP contribution in [0.25, 0.3) is 0 Å². The lowest BCUT2D eigenvalue weighted by molar-refractivity contribution is -0.186. The monoisotopic (exact) mass is 1510 g/mol. The van der Waals surface area contributed by atoms with Crippen molar-refractivity contribution in [3.63, 3.8) is 0 Å². The highest BCUT2D eigenvalue weighted by molar-refractivity contribution is 6.01. The number of piperidine rings is 6. The number of carbonyl (C=O) groups excluding carboxylic acids is 6. The Bertz CT molecular complexity index is 2990. The van der Waals surface area contributed by atoms with Gasteiger partial charge in [0, 0.05) is 144 Å². The molecular weight excluding hydrogens is 1360 g/mol. The zero-order valence-electron chi connectivity index (χ0n) is 73.3. The largest absolute Gasteiger partial charge is 0.461 e.